The Balaban J connectivity index is 1.65. The fourth-order valence-corrected chi connectivity index (χ4v) is 5.01. The molecule has 0 unspecified atom stereocenters. The second-order valence-electron chi connectivity index (χ2n) is 8.81. The highest BCUT2D eigenvalue weighted by Gasteiger charge is 2.26. The van der Waals surface area contributed by atoms with Crippen LogP contribution in [0.25, 0.3) is 10.4 Å². The van der Waals surface area contributed by atoms with E-state index in [1.807, 2.05) is 24.3 Å². The first-order valence-electron chi connectivity index (χ1n) is 11.3. The summed E-state index contributed by atoms with van der Waals surface area (Å²) in [5, 5.41) is 6.13. The molecule has 1 atom stereocenters. The number of nitrogens with one attached hydrogen (secondary N) is 2. The van der Waals surface area contributed by atoms with E-state index in [0.717, 1.165) is 41.7 Å². The van der Waals surface area contributed by atoms with E-state index in [4.69, 9.17) is 16.2 Å². The molecule has 9 heteroatoms. The van der Waals surface area contributed by atoms with Crippen molar-refractivity contribution >= 4 is 34.2 Å². The molecule has 1 heterocycles. The Kier molecular flexibility index (Phi) is 8.46. The molecule has 1 fully saturated rings. The lowest BCUT2D eigenvalue weighted by Gasteiger charge is -2.22. The van der Waals surface area contributed by atoms with Crippen molar-refractivity contribution in [2.24, 2.45) is 17.4 Å². The number of anilines is 1. The molecule has 1 saturated carbocycles. The van der Waals surface area contributed by atoms with Crippen LogP contribution in [0.3, 0.4) is 0 Å². The van der Waals surface area contributed by atoms with E-state index < -0.39 is 11.9 Å². The number of rotatable bonds is 10. The Hall–Kier alpha value is -2.91. The number of hydrogen-bond acceptors (Lipinski definition) is 6. The number of thiophene rings is 1. The maximum absolute atomic E-state index is 12.7. The molecule has 1 aliphatic rings. The molecule has 0 aliphatic heterocycles. The van der Waals surface area contributed by atoms with Crippen LogP contribution < -0.4 is 22.1 Å². The molecular formula is C24H32N4O4S. The molecule has 3 amide bonds. The highest BCUT2D eigenvalue weighted by molar-refractivity contribution is 7.20. The zero-order chi connectivity index (χ0) is 24.0. The first-order chi connectivity index (χ1) is 15.7. The molecule has 1 aliphatic carbocycles. The van der Waals surface area contributed by atoms with Crippen LogP contribution in [0.1, 0.15) is 61.9 Å². The number of carbonyl (C=O) groups is 3. The van der Waals surface area contributed by atoms with E-state index in [0.29, 0.717) is 23.9 Å². The van der Waals surface area contributed by atoms with E-state index in [9.17, 15) is 14.4 Å². The van der Waals surface area contributed by atoms with Crippen LogP contribution in [0.2, 0.25) is 0 Å². The van der Waals surface area contributed by atoms with Gasteiger partial charge in [0.15, 0.2) is 0 Å². The van der Waals surface area contributed by atoms with Gasteiger partial charge in [-0.3, -0.25) is 14.9 Å². The van der Waals surface area contributed by atoms with E-state index >= 15 is 0 Å². The molecule has 1 aromatic carbocycles. The summed E-state index contributed by atoms with van der Waals surface area (Å²) in [5.74, 6) is -0.440. The number of amides is 3. The molecule has 0 radical (unpaired) electrons. The maximum atomic E-state index is 12.7. The van der Waals surface area contributed by atoms with Crippen LogP contribution in [0.15, 0.2) is 30.3 Å². The fourth-order valence-electron chi connectivity index (χ4n) is 3.94. The van der Waals surface area contributed by atoms with Gasteiger partial charge < -0.3 is 21.5 Å². The SMILES string of the molecule is CC(C)C[C@H](NCc1ccc(-c2cc(C(N)=O)c(NC(N)=O)s2)cc1)C(=O)OC1CCCC1. The Bertz CT molecular complexity index is 981. The Morgan fingerprint density at radius 2 is 1.79 bits per heavy atom. The molecule has 178 valence electrons. The van der Waals surface area contributed by atoms with Crippen molar-refractivity contribution in [3.05, 3.63) is 41.5 Å². The molecule has 2 aromatic rings. The summed E-state index contributed by atoms with van der Waals surface area (Å²) in [7, 11) is 0. The van der Waals surface area contributed by atoms with Crippen LogP contribution in [0, 0.1) is 5.92 Å². The molecule has 6 N–H and O–H groups in total. The number of primary amides is 2. The highest BCUT2D eigenvalue weighted by atomic mass is 32.1. The third-order valence-electron chi connectivity index (χ3n) is 5.60. The number of nitrogens with two attached hydrogens (primary N) is 2. The number of benzene rings is 1. The van der Waals surface area contributed by atoms with Crippen LogP contribution in [0.5, 0.6) is 0 Å². The third kappa shape index (κ3) is 7.03. The second-order valence-corrected chi connectivity index (χ2v) is 9.86. The zero-order valence-electron chi connectivity index (χ0n) is 19.1. The molecule has 3 rings (SSSR count). The molecule has 33 heavy (non-hydrogen) atoms. The lowest BCUT2D eigenvalue weighted by Crippen LogP contribution is -2.40. The minimum atomic E-state index is -0.755. The Morgan fingerprint density at radius 1 is 1.12 bits per heavy atom. The van der Waals surface area contributed by atoms with Crippen LogP contribution in [-0.2, 0) is 16.1 Å². The van der Waals surface area contributed by atoms with Gasteiger partial charge in [0.25, 0.3) is 5.91 Å². The molecule has 0 bridgehead atoms. The maximum Gasteiger partial charge on any atom is 0.323 e. The van der Waals surface area contributed by atoms with Gasteiger partial charge in [-0.25, -0.2) is 4.79 Å². The van der Waals surface area contributed by atoms with Crippen molar-refractivity contribution in [1.29, 1.82) is 0 Å². The van der Waals surface area contributed by atoms with Gasteiger partial charge in [-0.2, -0.15) is 0 Å². The van der Waals surface area contributed by atoms with Crippen LogP contribution in [0.4, 0.5) is 9.80 Å². The average molecular weight is 473 g/mol. The summed E-state index contributed by atoms with van der Waals surface area (Å²) < 4.78 is 5.72. The highest BCUT2D eigenvalue weighted by Crippen LogP contribution is 2.35. The summed E-state index contributed by atoms with van der Waals surface area (Å²) >= 11 is 1.23. The zero-order valence-corrected chi connectivity index (χ0v) is 19.9. The van der Waals surface area contributed by atoms with E-state index in [-0.39, 0.29) is 23.7 Å². The van der Waals surface area contributed by atoms with Gasteiger partial charge in [-0.15, -0.1) is 11.3 Å². The summed E-state index contributed by atoms with van der Waals surface area (Å²) in [4.78, 5) is 36.4. The first kappa shape index (κ1) is 24.7. The number of carbonyl (C=O) groups excluding carboxylic acids is 3. The molecule has 1 aromatic heterocycles. The van der Waals surface area contributed by atoms with Crippen molar-refractivity contribution in [1.82, 2.24) is 5.32 Å². The van der Waals surface area contributed by atoms with Crippen molar-refractivity contribution in [3.8, 4) is 10.4 Å². The predicted molar refractivity (Wildman–Crippen MR) is 130 cm³/mol. The largest absolute Gasteiger partial charge is 0.461 e. The quantitative estimate of drug-likeness (QED) is 0.388. The van der Waals surface area contributed by atoms with E-state index in [1.54, 1.807) is 6.07 Å². The summed E-state index contributed by atoms with van der Waals surface area (Å²) in [6.07, 6.45) is 4.93. The van der Waals surface area contributed by atoms with Crippen molar-refractivity contribution in [2.45, 2.75) is 64.6 Å². The summed E-state index contributed by atoms with van der Waals surface area (Å²) in [6.45, 7) is 4.72. The number of esters is 1. The monoisotopic (exact) mass is 472 g/mol. The van der Waals surface area contributed by atoms with Gasteiger partial charge in [-0.1, -0.05) is 38.1 Å². The number of urea groups is 1. The minimum Gasteiger partial charge on any atom is -0.461 e. The molecule has 0 saturated heterocycles. The molecule has 0 spiro atoms. The first-order valence-corrected chi connectivity index (χ1v) is 12.1. The smallest absolute Gasteiger partial charge is 0.323 e. The van der Waals surface area contributed by atoms with Gasteiger partial charge in [0.05, 0.1) is 5.56 Å². The van der Waals surface area contributed by atoms with Gasteiger partial charge in [0.2, 0.25) is 0 Å². The van der Waals surface area contributed by atoms with Gasteiger partial charge in [0.1, 0.15) is 17.1 Å². The lowest BCUT2D eigenvalue weighted by atomic mass is 10.0. The standard InChI is InChI=1S/C24H32N4O4S/c1-14(2)11-19(23(30)32-17-5-3-4-6-17)27-13-15-7-9-16(10-8-15)20-12-18(21(25)29)22(33-20)28-24(26)31/h7-10,12,14,17,19,27H,3-6,11,13H2,1-2H3,(H2,25,29)(H3,26,28,31)/t19-/m0/s1. The Morgan fingerprint density at radius 3 is 2.36 bits per heavy atom. The second kappa shape index (κ2) is 11.3. The van der Waals surface area contributed by atoms with Gasteiger partial charge in [0, 0.05) is 11.4 Å². The van der Waals surface area contributed by atoms with Gasteiger partial charge in [-0.05, 0) is 55.2 Å². The number of hydrogen-bond donors (Lipinski definition) is 4. The van der Waals surface area contributed by atoms with Crippen molar-refractivity contribution < 1.29 is 19.1 Å². The fraction of sp³-hybridized carbons (Fsp3) is 0.458. The van der Waals surface area contributed by atoms with Crippen LogP contribution in [-0.4, -0.2) is 30.1 Å². The summed E-state index contributed by atoms with van der Waals surface area (Å²) in [5.41, 5.74) is 12.7. The van der Waals surface area contributed by atoms with Crippen molar-refractivity contribution in [2.75, 3.05) is 5.32 Å². The number of ether oxygens (including phenoxy) is 1. The van der Waals surface area contributed by atoms with Crippen LogP contribution >= 0.6 is 11.3 Å². The van der Waals surface area contributed by atoms with E-state index in [2.05, 4.69) is 24.5 Å². The summed E-state index contributed by atoms with van der Waals surface area (Å²) in [6, 6.07) is 8.32. The van der Waals surface area contributed by atoms with Gasteiger partial charge >= 0.3 is 12.0 Å². The minimum absolute atomic E-state index is 0.0540. The topological polar surface area (TPSA) is 137 Å². The predicted octanol–water partition coefficient (Wildman–Crippen LogP) is 3.99. The third-order valence-corrected chi connectivity index (χ3v) is 6.70. The Labute approximate surface area is 198 Å². The lowest BCUT2D eigenvalue weighted by molar-refractivity contribution is -0.151. The van der Waals surface area contributed by atoms with Crippen molar-refractivity contribution in [3.63, 3.8) is 0 Å². The molecule has 8 nitrogen and oxygen atoms in total. The van der Waals surface area contributed by atoms with E-state index in [1.165, 1.54) is 11.3 Å². The normalized spacial score (nSPS) is 14.9. The average Bonchev–Trinajstić information content (AvgIpc) is 3.41. The molecular weight excluding hydrogens is 440 g/mol.